The van der Waals surface area contributed by atoms with Gasteiger partial charge in [0.1, 0.15) is 0 Å². The topological polar surface area (TPSA) is 75.3 Å². The molecule has 0 saturated heterocycles. The molecule has 21 heavy (non-hydrogen) atoms. The van der Waals surface area contributed by atoms with Gasteiger partial charge in [0.15, 0.2) is 0 Å². The zero-order valence-corrected chi connectivity index (χ0v) is 12.8. The van der Waals surface area contributed by atoms with E-state index >= 15 is 0 Å². The number of halogens is 2. The number of carbonyl (C=O) groups excluding carboxylic acids is 1. The third-order valence-corrected chi connectivity index (χ3v) is 4.24. The van der Waals surface area contributed by atoms with Crippen LogP contribution in [0.2, 0.25) is 10.0 Å². The first-order chi connectivity index (χ1) is 9.88. The van der Waals surface area contributed by atoms with Crippen molar-refractivity contribution in [2.24, 2.45) is 0 Å². The van der Waals surface area contributed by atoms with Crippen molar-refractivity contribution in [3.8, 4) is 0 Å². The second-order valence-corrected chi connectivity index (χ2v) is 6.58. The zero-order chi connectivity index (χ0) is 15.5. The number of amides is 1. The van der Waals surface area contributed by atoms with Crippen molar-refractivity contribution < 1.29 is 13.2 Å². The van der Waals surface area contributed by atoms with Gasteiger partial charge in [0.05, 0.1) is 4.90 Å². The molecule has 0 saturated carbocycles. The Hall–Kier alpha value is -1.60. The SMILES string of the molecule is O=C(NNS(=O)(=O)c1cccc(Cl)c1)c1ccc(Cl)cc1. The second kappa shape index (κ2) is 6.44. The van der Waals surface area contributed by atoms with E-state index in [1.165, 1.54) is 42.5 Å². The number of benzene rings is 2. The first-order valence-electron chi connectivity index (χ1n) is 5.72. The summed E-state index contributed by atoms with van der Waals surface area (Å²) in [7, 11) is -3.89. The summed E-state index contributed by atoms with van der Waals surface area (Å²) < 4.78 is 23.9. The normalized spacial score (nSPS) is 11.1. The average Bonchev–Trinajstić information content (AvgIpc) is 2.45. The van der Waals surface area contributed by atoms with Crippen molar-refractivity contribution in [2.45, 2.75) is 4.90 Å². The molecule has 0 unspecified atom stereocenters. The molecule has 0 aliphatic rings. The van der Waals surface area contributed by atoms with Gasteiger partial charge in [-0.2, -0.15) is 0 Å². The molecule has 0 bridgehead atoms. The van der Waals surface area contributed by atoms with E-state index in [2.05, 4.69) is 5.43 Å². The van der Waals surface area contributed by atoms with Gasteiger partial charge in [0.2, 0.25) is 0 Å². The van der Waals surface area contributed by atoms with Crippen LogP contribution in [0.4, 0.5) is 0 Å². The molecule has 5 nitrogen and oxygen atoms in total. The quantitative estimate of drug-likeness (QED) is 0.837. The molecule has 2 N–H and O–H groups in total. The third kappa shape index (κ3) is 4.18. The Balaban J connectivity index is 2.08. The van der Waals surface area contributed by atoms with E-state index in [0.29, 0.717) is 5.02 Å². The molecule has 2 rings (SSSR count). The Bertz CT molecular complexity index is 761. The molecule has 0 fully saturated rings. The summed E-state index contributed by atoms with van der Waals surface area (Å²) in [6.45, 7) is 0. The van der Waals surface area contributed by atoms with Gasteiger partial charge in [0.25, 0.3) is 15.9 Å². The van der Waals surface area contributed by atoms with Crippen LogP contribution in [0.5, 0.6) is 0 Å². The highest BCUT2D eigenvalue weighted by atomic mass is 35.5. The standard InChI is InChI=1S/C13H10Cl2N2O3S/c14-10-6-4-9(5-7-10)13(18)16-17-21(19,20)12-3-1-2-11(15)8-12/h1-8,17H,(H,16,18). The maximum Gasteiger partial charge on any atom is 0.266 e. The predicted molar refractivity (Wildman–Crippen MR) is 80.7 cm³/mol. The Labute approximate surface area is 131 Å². The van der Waals surface area contributed by atoms with E-state index in [1.54, 1.807) is 6.07 Å². The van der Waals surface area contributed by atoms with Crippen LogP contribution in [0.3, 0.4) is 0 Å². The van der Waals surface area contributed by atoms with Gasteiger partial charge < -0.3 is 0 Å². The highest BCUT2D eigenvalue weighted by molar-refractivity contribution is 7.89. The molecular formula is C13H10Cl2N2O3S. The second-order valence-electron chi connectivity index (χ2n) is 4.02. The van der Waals surface area contributed by atoms with Crippen LogP contribution >= 0.6 is 23.2 Å². The van der Waals surface area contributed by atoms with Crippen LogP contribution in [0.25, 0.3) is 0 Å². The van der Waals surface area contributed by atoms with E-state index in [1.807, 2.05) is 4.83 Å². The minimum Gasteiger partial charge on any atom is -0.273 e. The van der Waals surface area contributed by atoms with Crippen molar-refractivity contribution in [1.29, 1.82) is 0 Å². The van der Waals surface area contributed by atoms with Gasteiger partial charge in [-0.15, -0.1) is 4.83 Å². The number of nitrogens with one attached hydrogen (secondary N) is 2. The van der Waals surface area contributed by atoms with Crippen molar-refractivity contribution in [2.75, 3.05) is 0 Å². The molecule has 0 radical (unpaired) electrons. The average molecular weight is 345 g/mol. The van der Waals surface area contributed by atoms with Crippen LogP contribution in [-0.4, -0.2) is 14.3 Å². The number of hydrazine groups is 1. The fraction of sp³-hybridized carbons (Fsp3) is 0. The first kappa shape index (κ1) is 15.8. The third-order valence-electron chi connectivity index (χ3n) is 2.51. The van der Waals surface area contributed by atoms with Crippen LogP contribution < -0.4 is 10.3 Å². The van der Waals surface area contributed by atoms with Crippen LogP contribution in [0.15, 0.2) is 53.4 Å². The molecule has 0 aliphatic heterocycles. The zero-order valence-electron chi connectivity index (χ0n) is 10.5. The largest absolute Gasteiger partial charge is 0.273 e. The molecule has 2 aromatic carbocycles. The lowest BCUT2D eigenvalue weighted by Gasteiger charge is -2.08. The summed E-state index contributed by atoms with van der Waals surface area (Å²) in [5.74, 6) is -0.600. The minimum atomic E-state index is -3.89. The first-order valence-corrected chi connectivity index (χ1v) is 7.96. The summed E-state index contributed by atoms with van der Waals surface area (Å²) in [5, 5.41) is 0.757. The van der Waals surface area contributed by atoms with Gasteiger partial charge in [-0.05, 0) is 42.5 Å². The van der Waals surface area contributed by atoms with E-state index in [9.17, 15) is 13.2 Å². The summed E-state index contributed by atoms with van der Waals surface area (Å²) >= 11 is 11.4. The van der Waals surface area contributed by atoms with Gasteiger partial charge in [-0.25, -0.2) is 8.42 Å². The molecule has 0 heterocycles. The fourth-order valence-corrected chi connectivity index (χ4v) is 2.75. The Morgan fingerprint density at radius 2 is 1.62 bits per heavy atom. The summed E-state index contributed by atoms with van der Waals surface area (Å²) in [5.41, 5.74) is 2.39. The van der Waals surface area contributed by atoms with E-state index in [0.717, 1.165) is 0 Å². The van der Waals surface area contributed by atoms with E-state index < -0.39 is 15.9 Å². The smallest absolute Gasteiger partial charge is 0.266 e. The fourth-order valence-electron chi connectivity index (χ4n) is 1.48. The van der Waals surface area contributed by atoms with Gasteiger partial charge in [-0.3, -0.25) is 10.2 Å². The van der Waals surface area contributed by atoms with E-state index in [-0.39, 0.29) is 15.5 Å². The maximum atomic E-state index is 12.0. The number of rotatable bonds is 4. The van der Waals surface area contributed by atoms with Crippen LogP contribution in [0.1, 0.15) is 10.4 Å². The highest BCUT2D eigenvalue weighted by Crippen LogP contribution is 2.15. The molecule has 0 atom stereocenters. The van der Waals surface area contributed by atoms with Crippen LogP contribution in [-0.2, 0) is 10.0 Å². The maximum absolute atomic E-state index is 12.0. The molecule has 110 valence electrons. The Morgan fingerprint density at radius 3 is 2.24 bits per heavy atom. The molecule has 0 spiro atoms. The summed E-state index contributed by atoms with van der Waals surface area (Å²) in [4.78, 5) is 13.7. The highest BCUT2D eigenvalue weighted by Gasteiger charge is 2.15. The molecule has 0 aromatic heterocycles. The van der Waals surface area contributed by atoms with Gasteiger partial charge >= 0.3 is 0 Å². The molecular weight excluding hydrogens is 335 g/mol. The van der Waals surface area contributed by atoms with Crippen molar-refractivity contribution in [3.63, 3.8) is 0 Å². The lowest BCUT2D eigenvalue weighted by molar-refractivity contribution is 0.0945. The predicted octanol–water partition coefficient (Wildman–Crippen LogP) is 2.62. The Kier molecular flexibility index (Phi) is 4.84. The molecule has 2 aromatic rings. The van der Waals surface area contributed by atoms with Crippen molar-refractivity contribution in [3.05, 3.63) is 64.1 Å². The number of carbonyl (C=O) groups is 1. The number of hydrogen-bond donors (Lipinski definition) is 2. The summed E-state index contributed by atoms with van der Waals surface area (Å²) in [6, 6.07) is 11.7. The molecule has 1 amide bonds. The summed E-state index contributed by atoms with van der Waals surface area (Å²) in [6.07, 6.45) is 0. The number of sulfonamides is 1. The molecule has 8 heteroatoms. The lowest BCUT2D eigenvalue weighted by atomic mass is 10.2. The van der Waals surface area contributed by atoms with Gasteiger partial charge in [-0.1, -0.05) is 29.3 Å². The minimum absolute atomic E-state index is 0.0496. The van der Waals surface area contributed by atoms with Gasteiger partial charge in [0, 0.05) is 15.6 Å². The number of hydrogen-bond acceptors (Lipinski definition) is 3. The lowest BCUT2D eigenvalue weighted by Crippen LogP contribution is -2.41. The monoisotopic (exact) mass is 344 g/mol. The molecule has 0 aliphatic carbocycles. The Morgan fingerprint density at radius 1 is 0.952 bits per heavy atom. The van der Waals surface area contributed by atoms with E-state index in [4.69, 9.17) is 23.2 Å². The van der Waals surface area contributed by atoms with Crippen molar-refractivity contribution >= 4 is 39.1 Å². The van der Waals surface area contributed by atoms with Crippen molar-refractivity contribution in [1.82, 2.24) is 10.3 Å². The van der Waals surface area contributed by atoms with Crippen LogP contribution in [0, 0.1) is 0 Å².